The minimum atomic E-state index is -3.66. The molecule has 0 aromatic heterocycles. The second-order valence-corrected chi connectivity index (χ2v) is 9.65. The third kappa shape index (κ3) is 2.98. The zero-order valence-electron chi connectivity index (χ0n) is 14.1. The van der Waals surface area contributed by atoms with Crippen molar-refractivity contribution in [3.8, 4) is 0 Å². The molecule has 3 fully saturated rings. The SMILES string of the molecule is O=C(C1CCCN(S(=O)(=O)c2ccccc2Cl)C1)N1C2CCC1CC2. The highest BCUT2D eigenvalue weighted by Crippen LogP contribution is 2.39. The molecule has 0 aliphatic carbocycles. The molecule has 4 rings (SSSR count). The number of fused-ring (bicyclic) bond motifs is 2. The summed E-state index contributed by atoms with van der Waals surface area (Å²) >= 11 is 6.10. The molecule has 3 saturated heterocycles. The van der Waals surface area contributed by atoms with Gasteiger partial charge in [-0.15, -0.1) is 0 Å². The summed E-state index contributed by atoms with van der Waals surface area (Å²) in [7, 11) is -3.66. The van der Waals surface area contributed by atoms with Gasteiger partial charge < -0.3 is 4.90 Å². The van der Waals surface area contributed by atoms with Crippen molar-refractivity contribution in [3.63, 3.8) is 0 Å². The number of nitrogens with zero attached hydrogens (tertiary/aromatic N) is 2. The van der Waals surface area contributed by atoms with E-state index in [1.165, 1.54) is 10.4 Å². The number of hydrogen-bond donors (Lipinski definition) is 0. The Hall–Kier alpha value is -1.11. The van der Waals surface area contributed by atoms with Crippen molar-refractivity contribution in [2.24, 2.45) is 5.92 Å². The number of sulfonamides is 1. The van der Waals surface area contributed by atoms with Gasteiger partial charge in [0, 0.05) is 25.2 Å². The molecular formula is C18H23ClN2O3S. The standard InChI is InChI=1S/C18H23ClN2O3S/c19-16-5-1-2-6-17(16)25(23,24)20-11-3-4-13(12-20)18(22)21-14-7-8-15(21)10-9-14/h1-2,5-6,13-15H,3-4,7-12H2. The Bertz CT molecular complexity index is 762. The van der Waals surface area contributed by atoms with Crippen LogP contribution in [0.1, 0.15) is 38.5 Å². The second kappa shape index (κ2) is 6.56. The lowest BCUT2D eigenvalue weighted by Crippen LogP contribution is -2.48. The van der Waals surface area contributed by atoms with Crippen LogP contribution < -0.4 is 0 Å². The van der Waals surface area contributed by atoms with Gasteiger partial charge in [0.15, 0.2) is 0 Å². The smallest absolute Gasteiger partial charge is 0.244 e. The van der Waals surface area contributed by atoms with Crippen LogP contribution in [0.5, 0.6) is 0 Å². The molecule has 3 aliphatic rings. The van der Waals surface area contributed by atoms with Gasteiger partial charge in [-0.25, -0.2) is 8.42 Å². The predicted molar refractivity (Wildman–Crippen MR) is 95.8 cm³/mol. The minimum Gasteiger partial charge on any atom is -0.336 e. The molecule has 1 aromatic carbocycles. The van der Waals surface area contributed by atoms with Crippen molar-refractivity contribution in [1.29, 1.82) is 0 Å². The molecule has 1 amide bonds. The highest BCUT2D eigenvalue weighted by molar-refractivity contribution is 7.89. The van der Waals surface area contributed by atoms with Crippen LogP contribution in [-0.4, -0.2) is 48.7 Å². The van der Waals surface area contributed by atoms with Gasteiger partial charge in [0.25, 0.3) is 0 Å². The van der Waals surface area contributed by atoms with E-state index in [2.05, 4.69) is 4.90 Å². The van der Waals surface area contributed by atoms with E-state index in [0.717, 1.165) is 32.1 Å². The first-order valence-corrected chi connectivity index (χ1v) is 10.9. The number of piperidine rings is 1. The van der Waals surface area contributed by atoms with E-state index in [1.807, 2.05) is 0 Å². The fourth-order valence-electron chi connectivity index (χ4n) is 4.64. The van der Waals surface area contributed by atoms with Crippen LogP contribution in [0.2, 0.25) is 5.02 Å². The number of hydrogen-bond acceptors (Lipinski definition) is 3. The lowest BCUT2D eigenvalue weighted by Gasteiger charge is -2.34. The maximum Gasteiger partial charge on any atom is 0.244 e. The van der Waals surface area contributed by atoms with E-state index in [0.29, 0.717) is 25.0 Å². The molecule has 3 aliphatic heterocycles. The maximum absolute atomic E-state index is 13.0. The number of benzene rings is 1. The summed E-state index contributed by atoms with van der Waals surface area (Å²) in [4.78, 5) is 15.2. The van der Waals surface area contributed by atoms with Crippen LogP contribution in [-0.2, 0) is 14.8 Å². The highest BCUT2D eigenvalue weighted by Gasteiger charge is 2.45. The average Bonchev–Trinajstić information content (AvgIpc) is 3.22. The number of carbonyl (C=O) groups excluding carboxylic acids is 1. The summed E-state index contributed by atoms with van der Waals surface area (Å²) in [5, 5.41) is 0.230. The van der Waals surface area contributed by atoms with Gasteiger partial charge in [-0.1, -0.05) is 23.7 Å². The van der Waals surface area contributed by atoms with Gasteiger partial charge in [0.1, 0.15) is 4.90 Å². The first kappa shape index (κ1) is 17.3. The number of amides is 1. The van der Waals surface area contributed by atoms with Crippen molar-refractivity contribution >= 4 is 27.5 Å². The maximum atomic E-state index is 13.0. The predicted octanol–water partition coefficient (Wildman–Crippen LogP) is 2.89. The van der Waals surface area contributed by atoms with Crippen molar-refractivity contribution in [3.05, 3.63) is 29.3 Å². The van der Waals surface area contributed by atoms with Crippen molar-refractivity contribution in [1.82, 2.24) is 9.21 Å². The minimum absolute atomic E-state index is 0.131. The molecule has 0 N–H and O–H groups in total. The summed E-state index contributed by atoms with van der Waals surface area (Å²) in [6.07, 6.45) is 5.89. The Morgan fingerprint density at radius 3 is 2.32 bits per heavy atom. The molecule has 25 heavy (non-hydrogen) atoms. The quantitative estimate of drug-likeness (QED) is 0.807. The van der Waals surface area contributed by atoms with E-state index >= 15 is 0 Å². The highest BCUT2D eigenvalue weighted by atomic mass is 35.5. The van der Waals surface area contributed by atoms with Crippen LogP contribution in [0.15, 0.2) is 29.2 Å². The van der Waals surface area contributed by atoms with Gasteiger partial charge in [0.2, 0.25) is 15.9 Å². The molecule has 1 aromatic rings. The lowest BCUT2D eigenvalue weighted by atomic mass is 9.98. The largest absolute Gasteiger partial charge is 0.336 e. The van der Waals surface area contributed by atoms with Gasteiger partial charge in [-0.2, -0.15) is 4.31 Å². The van der Waals surface area contributed by atoms with Crippen LogP contribution in [0.3, 0.4) is 0 Å². The fraction of sp³-hybridized carbons (Fsp3) is 0.611. The summed E-state index contributed by atoms with van der Waals surface area (Å²) in [6, 6.07) is 7.27. The van der Waals surface area contributed by atoms with E-state index in [1.54, 1.807) is 18.2 Å². The fourth-order valence-corrected chi connectivity index (χ4v) is 6.66. The third-order valence-electron chi connectivity index (χ3n) is 5.90. The summed E-state index contributed by atoms with van der Waals surface area (Å²) in [6.45, 7) is 0.715. The van der Waals surface area contributed by atoms with Gasteiger partial charge >= 0.3 is 0 Å². The van der Waals surface area contributed by atoms with Crippen LogP contribution in [0, 0.1) is 5.92 Å². The molecule has 0 saturated carbocycles. The summed E-state index contributed by atoms with van der Waals surface area (Å²) in [5.74, 6) is -0.0729. The van der Waals surface area contributed by atoms with E-state index in [-0.39, 0.29) is 28.3 Å². The lowest BCUT2D eigenvalue weighted by molar-refractivity contribution is -0.137. The topological polar surface area (TPSA) is 57.7 Å². The average molecular weight is 383 g/mol. The van der Waals surface area contributed by atoms with Crippen LogP contribution in [0.4, 0.5) is 0 Å². The Morgan fingerprint density at radius 1 is 1.04 bits per heavy atom. The molecule has 2 bridgehead atoms. The van der Waals surface area contributed by atoms with Gasteiger partial charge in [-0.3, -0.25) is 4.79 Å². The molecular weight excluding hydrogens is 360 g/mol. The van der Waals surface area contributed by atoms with E-state index in [4.69, 9.17) is 11.6 Å². The first-order valence-electron chi connectivity index (χ1n) is 9.05. The van der Waals surface area contributed by atoms with Crippen molar-refractivity contribution in [2.75, 3.05) is 13.1 Å². The monoisotopic (exact) mass is 382 g/mol. The molecule has 3 heterocycles. The van der Waals surface area contributed by atoms with Crippen molar-refractivity contribution < 1.29 is 13.2 Å². The Morgan fingerprint density at radius 2 is 1.68 bits per heavy atom. The van der Waals surface area contributed by atoms with Gasteiger partial charge in [-0.05, 0) is 50.7 Å². The zero-order chi connectivity index (χ0) is 17.6. The molecule has 0 spiro atoms. The van der Waals surface area contributed by atoms with Crippen LogP contribution >= 0.6 is 11.6 Å². The number of rotatable bonds is 3. The van der Waals surface area contributed by atoms with Crippen LogP contribution in [0.25, 0.3) is 0 Å². The van der Waals surface area contributed by atoms with Crippen molar-refractivity contribution in [2.45, 2.75) is 55.5 Å². The molecule has 0 radical (unpaired) electrons. The molecule has 1 atom stereocenters. The summed E-state index contributed by atoms with van der Waals surface area (Å²) < 4.78 is 27.4. The van der Waals surface area contributed by atoms with E-state index in [9.17, 15) is 13.2 Å². The Kier molecular flexibility index (Phi) is 4.54. The summed E-state index contributed by atoms with van der Waals surface area (Å²) in [5.41, 5.74) is 0. The number of halogens is 1. The normalized spacial score (nSPS) is 30.0. The van der Waals surface area contributed by atoms with Gasteiger partial charge in [0.05, 0.1) is 10.9 Å². The van der Waals surface area contributed by atoms with E-state index < -0.39 is 10.0 Å². The molecule has 136 valence electrons. The Balaban J connectivity index is 1.53. The number of carbonyl (C=O) groups is 1. The Labute approximate surface area is 154 Å². The molecule has 1 unspecified atom stereocenters. The zero-order valence-corrected chi connectivity index (χ0v) is 15.7. The second-order valence-electron chi connectivity index (χ2n) is 7.34. The third-order valence-corrected chi connectivity index (χ3v) is 8.26. The first-order chi connectivity index (χ1) is 12.0. The molecule has 5 nitrogen and oxygen atoms in total. The molecule has 7 heteroatoms.